The van der Waals surface area contributed by atoms with Crippen LogP contribution in [-0.2, 0) is 11.3 Å². The van der Waals surface area contributed by atoms with Crippen molar-refractivity contribution in [1.29, 1.82) is 0 Å². The van der Waals surface area contributed by atoms with Crippen molar-refractivity contribution in [3.63, 3.8) is 0 Å². The number of rotatable bonds is 5. The lowest BCUT2D eigenvalue weighted by atomic mass is 10.0. The first-order chi connectivity index (χ1) is 9.69. The van der Waals surface area contributed by atoms with E-state index in [9.17, 15) is 4.79 Å². The Morgan fingerprint density at radius 1 is 1.05 bits per heavy atom. The van der Waals surface area contributed by atoms with E-state index in [-0.39, 0.29) is 6.09 Å². The first kappa shape index (κ1) is 17.5. The topological polar surface area (TPSA) is 50.4 Å². The fraction of sp³-hybridized carbons (Fsp3) is 0.588. The maximum atomic E-state index is 11.5. The van der Waals surface area contributed by atoms with Crippen LogP contribution < -0.4 is 10.6 Å². The Labute approximate surface area is 128 Å². The van der Waals surface area contributed by atoms with Gasteiger partial charge in [0.1, 0.15) is 5.60 Å². The minimum Gasteiger partial charge on any atom is -0.444 e. The highest BCUT2D eigenvalue weighted by molar-refractivity contribution is 5.67. The lowest BCUT2D eigenvalue weighted by molar-refractivity contribution is 0.0528. The minimum absolute atomic E-state index is 0.369. The van der Waals surface area contributed by atoms with Crippen LogP contribution in [0.15, 0.2) is 12.1 Å². The summed E-state index contributed by atoms with van der Waals surface area (Å²) < 4.78 is 5.17. The number of benzene rings is 1. The van der Waals surface area contributed by atoms with E-state index >= 15 is 0 Å². The van der Waals surface area contributed by atoms with Gasteiger partial charge in [-0.05, 0) is 63.8 Å². The summed E-state index contributed by atoms with van der Waals surface area (Å²) in [4.78, 5) is 11.5. The van der Waals surface area contributed by atoms with Crippen molar-refractivity contribution in [1.82, 2.24) is 10.6 Å². The van der Waals surface area contributed by atoms with Gasteiger partial charge in [0, 0.05) is 19.6 Å². The molecule has 1 rings (SSSR count). The summed E-state index contributed by atoms with van der Waals surface area (Å²) in [7, 11) is 0. The Morgan fingerprint density at radius 2 is 1.67 bits per heavy atom. The molecule has 0 aliphatic heterocycles. The van der Waals surface area contributed by atoms with Crippen molar-refractivity contribution >= 4 is 6.09 Å². The third kappa shape index (κ3) is 6.63. The molecular weight excluding hydrogens is 264 g/mol. The van der Waals surface area contributed by atoms with Crippen molar-refractivity contribution in [2.24, 2.45) is 0 Å². The van der Waals surface area contributed by atoms with Crippen molar-refractivity contribution in [3.8, 4) is 0 Å². The molecule has 0 aliphatic rings. The highest BCUT2D eigenvalue weighted by Gasteiger charge is 2.15. The lowest BCUT2D eigenvalue weighted by Gasteiger charge is -2.19. The molecule has 4 nitrogen and oxygen atoms in total. The normalized spacial score (nSPS) is 11.3. The molecule has 1 aromatic rings. The number of hydrogen-bond acceptors (Lipinski definition) is 3. The highest BCUT2D eigenvalue weighted by atomic mass is 16.6. The van der Waals surface area contributed by atoms with E-state index in [1.807, 2.05) is 20.8 Å². The summed E-state index contributed by atoms with van der Waals surface area (Å²) >= 11 is 0. The van der Waals surface area contributed by atoms with Crippen LogP contribution in [-0.4, -0.2) is 24.8 Å². The van der Waals surface area contributed by atoms with Crippen LogP contribution in [0.2, 0.25) is 0 Å². The Bertz CT molecular complexity index is 490. The zero-order chi connectivity index (χ0) is 16.0. The highest BCUT2D eigenvalue weighted by Crippen LogP contribution is 2.14. The van der Waals surface area contributed by atoms with Gasteiger partial charge in [-0.3, -0.25) is 0 Å². The molecule has 0 unspecified atom stereocenters. The van der Waals surface area contributed by atoms with E-state index in [0.717, 1.165) is 6.54 Å². The second-order valence-corrected chi connectivity index (χ2v) is 6.47. The van der Waals surface area contributed by atoms with Gasteiger partial charge in [-0.25, -0.2) is 4.79 Å². The van der Waals surface area contributed by atoms with E-state index < -0.39 is 5.60 Å². The summed E-state index contributed by atoms with van der Waals surface area (Å²) in [5, 5.41) is 6.07. The molecule has 1 aromatic carbocycles. The Hall–Kier alpha value is -1.55. The largest absolute Gasteiger partial charge is 0.444 e. The maximum absolute atomic E-state index is 11.5. The molecule has 0 aliphatic carbocycles. The van der Waals surface area contributed by atoms with Crippen LogP contribution in [0.3, 0.4) is 0 Å². The molecule has 1 amide bonds. The van der Waals surface area contributed by atoms with Crippen LogP contribution in [0, 0.1) is 20.8 Å². The quantitative estimate of drug-likeness (QED) is 0.819. The number of amides is 1. The monoisotopic (exact) mass is 292 g/mol. The molecule has 0 saturated carbocycles. The summed E-state index contributed by atoms with van der Waals surface area (Å²) in [5.74, 6) is 0. The fourth-order valence-corrected chi connectivity index (χ4v) is 2.00. The third-order valence-electron chi connectivity index (χ3n) is 3.24. The fourth-order valence-electron chi connectivity index (χ4n) is 2.00. The number of ether oxygens (including phenoxy) is 1. The number of aryl methyl sites for hydroxylation is 3. The first-order valence-corrected chi connectivity index (χ1v) is 7.43. The van der Waals surface area contributed by atoms with Gasteiger partial charge in [-0.2, -0.15) is 0 Å². The molecule has 4 heteroatoms. The van der Waals surface area contributed by atoms with Crippen molar-refractivity contribution in [2.75, 3.05) is 13.1 Å². The van der Waals surface area contributed by atoms with Gasteiger partial charge in [0.05, 0.1) is 0 Å². The Morgan fingerprint density at radius 3 is 2.29 bits per heavy atom. The van der Waals surface area contributed by atoms with Crippen molar-refractivity contribution < 1.29 is 9.53 Å². The minimum atomic E-state index is -0.450. The van der Waals surface area contributed by atoms with Crippen LogP contribution in [0.5, 0.6) is 0 Å². The maximum Gasteiger partial charge on any atom is 0.407 e. The molecule has 0 aromatic heterocycles. The summed E-state index contributed by atoms with van der Waals surface area (Å²) in [6.45, 7) is 14.0. The van der Waals surface area contributed by atoms with Gasteiger partial charge in [-0.1, -0.05) is 12.1 Å². The molecule has 0 bridgehead atoms. The van der Waals surface area contributed by atoms with Crippen LogP contribution in [0.4, 0.5) is 4.79 Å². The number of carbonyl (C=O) groups is 1. The van der Waals surface area contributed by atoms with Crippen molar-refractivity contribution in [2.45, 2.75) is 53.7 Å². The average molecular weight is 292 g/mol. The standard InChI is InChI=1S/C17H28N2O2/c1-12-9-14(3)15(10-13(12)2)11-18-7-8-19-16(20)21-17(4,5)6/h9-10,18H,7-8,11H2,1-6H3,(H,19,20). The van der Waals surface area contributed by atoms with Gasteiger partial charge < -0.3 is 15.4 Å². The molecule has 0 spiro atoms. The zero-order valence-corrected chi connectivity index (χ0v) is 14.1. The van der Waals surface area contributed by atoms with E-state index in [0.29, 0.717) is 13.1 Å². The SMILES string of the molecule is Cc1cc(C)c(CNCCNC(=O)OC(C)(C)C)cc1C. The van der Waals surface area contributed by atoms with Gasteiger partial charge in [0.2, 0.25) is 0 Å². The van der Waals surface area contributed by atoms with Gasteiger partial charge in [0.15, 0.2) is 0 Å². The molecule has 0 atom stereocenters. The second-order valence-electron chi connectivity index (χ2n) is 6.47. The molecule has 118 valence electrons. The summed E-state index contributed by atoms with van der Waals surface area (Å²) in [6.07, 6.45) is -0.369. The number of carbonyl (C=O) groups excluding carboxylic acids is 1. The van der Waals surface area contributed by atoms with Crippen LogP contribution in [0.1, 0.15) is 43.0 Å². The Kier molecular flexibility index (Phi) is 6.21. The summed E-state index contributed by atoms with van der Waals surface area (Å²) in [5.41, 5.74) is 4.78. The van der Waals surface area contributed by atoms with E-state index in [1.165, 1.54) is 22.3 Å². The van der Waals surface area contributed by atoms with Gasteiger partial charge in [0.25, 0.3) is 0 Å². The van der Waals surface area contributed by atoms with Crippen molar-refractivity contribution in [3.05, 3.63) is 34.4 Å². The van der Waals surface area contributed by atoms with Crippen LogP contribution in [0.25, 0.3) is 0 Å². The smallest absolute Gasteiger partial charge is 0.407 e. The lowest BCUT2D eigenvalue weighted by Crippen LogP contribution is -2.36. The molecule has 0 heterocycles. The molecule has 0 radical (unpaired) electrons. The Balaban J connectivity index is 2.29. The first-order valence-electron chi connectivity index (χ1n) is 7.43. The molecular formula is C17H28N2O2. The second kappa shape index (κ2) is 7.46. The number of alkyl carbamates (subject to hydrolysis) is 1. The molecule has 0 fully saturated rings. The predicted octanol–water partition coefficient (Wildman–Crippen LogP) is 3.23. The molecule has 21 heavy (non-hydrogen) atoms. The average Bonchev–Trinajstić information content (AvgIpc) is 2.32. The number of hydrogen-bond donors (Lipinski definition) is 2. The molecule has 0 saturated heterocycles. The third-order valence-corrected chi connectivity index (χ3v) is 3.24. The van der Waals surface area contributed by atoms with E-state index in [1.54, 1.807) is 0 Å². The zero-order valence-electron chi connectivity index (χ0n) is 14.1. The predicted molar refractivity (Wildman–Crippen MR) is 86.6 cm³/mol. The van der Waals surface area contributed by atoms with E-state index in [4.69, 9.17) is 4.74 Å². The van der Waals surface area contributed by atoms with E-state index in [2.05, 4.69) is 43.5 Å². The number of nitrogens with one attached hydrogen (secondary N) is 2. The summed E-state index contributed by atoms with van der Waals surface area (Å²) in [6, 6.07) is 4.43. The van der Waals surface area contributed by atoms with Gasteiger partial charge in [-0.15, -0.1) is 0 Å². The molecule has 2 N–H and O–H groups in total. The van der Waals surface area contributed by atoms with Gasteiger partial charge >= 0.3 is 6.09 Å². The van der Waals surface area contributed by atoms with Crippen LogP contribution >= 0.6 is 0 Å².